The Kier molecular flexibility index (Phi) is 7.48. The molecule has 0 spiro atoms. The first-order valence-corrected chi connectivity index (χ1v) is 5.74. The fourth-order valence-corrected chi connectivity index (χ4v) is 0.965. The van der Waals surface area contributed by atoms with Crippen LogP contribution in [0.25, 0.3) is 0 Å². The number of rotatable bonds is 7. The van der Waals surface area contributed by atoms with Crippen LogP contribution in [0, 0.1) is 0 Å². The van der Waals surface area contributed by atoms with Gasteiger partial charge in [0.25, 0.3) is 0 Å². The van der Waals surface area contributed by atoms with Crippen molar-refractivity contribution in [2.24, 2.45) is 0 Å². The number of carbonyl (C=O) groups is 4. The summed E-state index contributed by atoms with van der Waals surface area (Å²) in [5.41, 5.74) is 0. The quantitative estimate of drug-likeness (QED) is 0.347. The summed E-state index contributed by atoms with van der Waals surface area (Å²) in [4.78, 5) is 43.0. The summed E-state index contributed by atoms with van der Waals surface area (Å²) in [5, 5.41) is 29.4. The van der Waals surface area contributed by atoms with Crippen molar-refractivity contribution in [2.75, 3.05) is 13.1 Å². The van der Waals surface area contributed by atoms with Gasteiger partial charge in [-0.05, 0) is 13.8 Å². The van der Waals surface area contributed by atoms with E-state index < -0.39 is 36.1 Å². The van der Waals surface area contributed by atoms with Gasteiger partial charge in [-0.15, -0.1) is 0 Å². The van der Waals surface area contributed by atoms with Crippen molar-refractivity contribution in [3.63, 3.8) is 0 Å². The molecular weight excluding hydrogens is 272 g/mol. The highest BCUT2D eigenvalue weighted by Gasteiger charge is 2.08. The number of carboxylic acid groups (broad SMARTS) is 2. The van der Waals surface area contributed by atoms with Gasteiger partial charge in [0.1, 0.15) is 0 Å². The second kappa shape index (κ2) is 8.56. The molecule has 20 heavy (non-hydrogen) atoms. The second-order valence-electron chi connectivity index (χ2n) is 3.88. The highest BCUT2D eigenvalue weighted by atomic mass is 16.4. The maximum absolute atomic E-state index is 11.1. The Hall–Kier alpha value is -2.52. The molecule has 0 rings (SSSR count). The van der Waals surface area contributed by atoms with Crippen LogP contribution < -0.4 is 31.5 Å². The molecule has 2 atom stereocenters. The minimum Gasteiger partial charge on any atom is -0.548 e. The SMILES string of the molecule is C[C@H](NC(=O)NCCNC(=O)N[C@@H](C)C(=O)[O-])C(=O)[O-]. The molecule has 114 valence electrons. The summed E-state index contributed by atoms with van der Waals surface area (Å²) >= 11 is 0. The molecule has 10 heteroatoms. The lowest BCUT2D eigenvalue weighted by Crippen LogP contribution is -2.52. The summed E-state index contributed by atoms with van der Waals surface area (Å²) < 4.78 is 0. The number of urea groups is 2. The van der Waals surface area contributed by atoms with Gasteiger partial charge in [-0.2, -0.15) is 0 Å². The van der Waals surface area contributed by atoms with Gasteiger partial charge in [0, 0.05) is 13.1 Å². The molecule has 0 aromatic carbocycles. The van der Waals surface area contributed by atoms with Gasteiger partial charge < -0.3 is 41.1 Å². The van der Waals surface area contributed by atoms with Gasteiger partial charge in [0.15, 0.2) is 0 Å². The number of hydrogen-bond donors (Lipinski definition) is 4. The third kappa shape index (κ3) is 7.74. The maximum Gasteiger partial charge on any atom is 0.315 e. The van der Waals surface area contributed by atoms with Crippen LogP contribution in [0.5, 0.6) is 0 Å². The lowest BCUT2D eigenvalue weighted by Gasteiger charge is -2.16. The third-order valence-electron chi connectivity index (χ3n) is 2.10. The Morgan fingerprint density at radius 2 is 1.10 bits per heavy atom. The van der Waals surface area contributed by atoms with Gasteiger partial charge in [0.2, 0.25) is 0 Å². The van der Waals surface area contributed by atoms with Gasteiger partial charge in [-0.25, -0.2) is 9.59 Å². The molecule has 4 amide bonds. The zero-order valence-electron chi connectivity index (χ0n) is 11.0. The van der Waals surface area contributed by atoms with Crippen LogP contribution in [-0.4, -0.2) is 49.2 Å². The fourth-order valence-electron chi connectivity index (χ4n) is 0.965. The van der Waals surface area contributed by atoms with Crippen LogP contribution >= 0.6 is 0 Å². The van der Waals surface area contributed by atoms with Crippen molar-refractivity contribution >= 4 is 24.0 Å². The van der Waals surface area contributed by atoms with Gasteiger partial charge in [-0.1, -0.05) is 0 Å². The van der Waals surface area contributed by atoms with Crippen LogP contribution in [0.3, 0.4) is 0 Å². The highest BCUT2D eigenvalue weighted by molar-refractivity contribution is 5.82. The molecule has 0 unspecified atom stereocenters. The molecular formula is C10H16N4O6-2. The Morgan fingerprint density at radius 3 is 1.35 bits per heavy atom. The van der Waals surface area contributed by atoms with E-state index in [1.165, 1.54) is 13.8 Å². The average molecular weight is 288 g/mol. The second-order valence-corrected chi connectivity index (χ2v) is 3.88. The Morgan fingerprint density at radius 1 is 0.800 bits per heavy atom. The van der Waals surface area contributed by atoms with E-state index in [1.807, 2.05) is 0 Å². The van der Waals surface area contributed by atoms with Crippen LogP contribution in [0.15, 0.2) is 0 Å². The molecule has 4 N–H and O–H groups in total. The van der Waals surface area contributed by atoms with E-state index >= 15 is 0 Å². The monoisotopic (exact) mass is 288 g/mol. The molecule has 0 aromatic rings. The molecule has 0 aromatic heterocycles. The molecule has 0 fully saturated rings. The van der Waals surface area contributed by atoms with E-state index in [-0.39, 0.29) is 13.1 Å². The first kappa shape index (κ1) is 17.5. The smallest absolute Gasteiger partial charge is 0.315 e. The molecule has 0 saturated carbocycles. The molecule has 0 heterocycles. The molecule has 0 aliphatic heterocycles. The normalized spacial score (nSPS) is 12.7. The Bertz CT molecular complexity index is 350. The number of aliphatic carboxylic acids is 2. The molecule has 0 aliphatic rings. The number of hydrogen-bond acceptors (Lipinski definition) is 6. The van der Waals surface area contributed by atoms with Gasteiger partial charge in [-0.3, -0.25) is 0 Å². The summed E-state index contributed by atoms with van der Waals surface area (Å²) in [6.45, 7) is 2.53. The lowest BCUT2D eigenvalue weighted by atomic mass is 10.3. The Labute approximate surface area is 114 Å². The zero-order chi connectivity index (χ0) is 15.7. The fraction of sp³-hybridized carbons (Fsp3) is 0.600. The van der Waals surface area contributed by atoms with Crippen molar-refractivity contribution in [1.82, 2.24) is 21.3 Å². The standard InChI is InChI=1S/C10H18N4O6/c1-5(7(15)16)13-9(19)11-3-4-12-10(20)14-6(2)8(17)18/h5-6H,3-4H2,1-2H3,(H,15,16)(H,17,18)(H2,11,13,19)(H2,12,14,20)/p-2/t5-,6-/m0/s1. The molecule has 0 radical (unpaired) electrons. The van der Waals surface area contributed by atoms with Crippen molar-refractivity contribution < 1.29 is 29.4 Å². The summed E-state index contributed by atoms with van der Waals surface area (Å²) in [5.74, 6) is -2.84. The molecule has 10 nitrogen and oxygen atoms in total. The lowest BCUT2D eigenvalue weighted by molar-refractivity contribution is -0.308. The van der Waals surface area contributed by atoms with Crippen molar-refractivity contribution in [3.05, 3.63) is 0 Å². The number of carboxylic acids is 2. The minimum absolute atomic E-state index is 0.0265. The van der Waals surface area contributed by atoms with E-state index in [2.05, 4.69) is 21.3 Å². The predicted octanol–water partition coefficient (Wildman–Crippen LogP) is -4.14. The average Bonchev–Trinajstić information content (AvgIpc) is 2.34. The largest absolute Gasteiger partial charge is 0.548 e. The van der Waals surface area contributed by atoms with Crippen LogP contribution in [0.1, 0.15) is 13.8 Å². The topological polar surface area (TPSA) is 163 Å². The molecule has 0 bridgehead atoms. The van der Waals surface area contributed by atoms with E-state index in [4.69, 9.17) is 0 Å². The molecule has 0 aliphatic carbocycles. The first-order valence-electron chi connectivity index (χ1n) is 5.74. The van der Waals surface area contributed by atoms with Gasteiger partial charge in [0.05, 0.1) is 24.0 Å². The van der Waals surface area contributed by atoms with Crippen LogP contribution in [0.4, 0.5) is 9.59 Å². The predicted molar refractivity (Wildman–Crippen MR) is 62.0 cm³/mol. The number of amides is 4. The summed E-state index contributed by atoms with van der Waals surface area (Å²) in [7, 11) is 0. The maximum atomic E-state index is 11.1. The molecule has 0 saturated heterocycles. The first-order chi connectivity index (χ1) is 9.23. The van der Waals surface area contributed by atoms with Crippen LogP contribution in [-0.2, 0) is 9.59 Å². The van der Waals surface area contributed by atoms with E-state index in [9.17, 15) is 29.4 Å². The third-order valence-corrected chi connectivity index (χ3v) is 2.10. The summed E-state index contributed by atoms with van der Waals surface area (Å²) in [6.07, 6.45) is 0. The Balaban J connectivity index is 3.76. The van der Waals surface area contributed by atoms with Crippen molar-refractivity contribution in [2.45, 2.75) is 25.9 Å². The minimum atomic E-state index is -1.42. The summed E-state index contributed by atoms with van der Waals surface area (Å²) in [6, 6.07) is -3.75. The van der Waals surface area contributed by atoms with E-state index in [0.717, 1.165) is 0 Å². The van der Waals surface area contributed by atoms with Crippen LogP contribution in [0.2, 0.25) is 0 Å². The van der Waals surface area contributed by atoms with E-state index in [0.29, 0.717) is 0 Å². The van der Waals surface area contributed by atoms with E-state index in [1.54, 1.807) is 0 Å². The van der Waals surface area contributed by atoms with Gasteiger partial charge >= 0.3 is 12.1 Å². The number of carbonyl (C=O) groups excluding carboxylic acids is 4. The number of nitrogens with one attached hydrogen (secondary N) is 4. The zero-order valence-corrected chi connectivity index (χ0v) is 11.0. The highest BCUT2D eigenvalue weighted by Crippen LogP contribution is 1.79. The van der Waals surface area contributed by atoms with Crippen molar-refractivity contribution in [3.8, 4) is 0 Å². The van der Waals surface area contributed by atoms with Crippen molar-refractivity contribution in [1.29, 1.82) is 0 Å².